The largest absolute Gasteiger partial charge is 0.352 e. The lowest BCUT2D eigenvalue weighted by molar-refractivity contribution is -0.127. The molecule has 3 unspecified atom stereocenters. The lowest BCUT2D eigenvalue weighted by Gasteiger charge is -2.39. The zero-order valence-electron chi connectivity index (χ0n) is 16.9. The van der Waals surface area contributed by atoms with E-state index in [9.17, 15) is 9.59 Å². The minimum atomic E-state index is -0.0816. The van der Waals surface area contributed by atoms with Crippen LogP contribution in [-0.2, 0) is 16.1 Å². The van der Waals surface area contributed by atoms with Gasteiger partial charge in [0, 0.05) is 28.8 Å². The number of hydrogen-bond acceptors (Lipinski definition) is 3. The van der Waals surface area contributed by atoms with E-state index in [1.54, 1.807) is 11.8 Å². The molecule has 4 rings (SSSR count). The van der Waals surface area contributed by atoms with E-state index >= 15 is 0 Å². The normalized spacial score (nSPS) is 24.8. The van der Waals surface area contributed by atoms with E-state index in [-0.39, 0.29) is 29.0 Å². The fourth-order valence-corrected chi connectivity index (χ4v) is 5.48. The van der Waals surface area contributed by atoms with Gasteiger partial charge in [-0.1, -0.05) is 59.6 Å². The van der Waals surface area contributed by atoms with Gasteiger partial charge >= 0.3 is 0 Å². The molecule has 0 radical (unpaired) electrons. The molecule has 2 amide bonds. The maximum absolute atomic E-state index is 12.7. The number of amides is 2. The lowest BCUT2D eigenvalue weighted by atomic mass is 9.84. The summed E-state index contributed by atoms with van der Waals surface area (Å²) in [5.74, 6) is -0.0701. The summed E-state index contributed by atoms with van der Waals surface area (Å²) >= 11 is 7.85. The Labute approximate surface area is 186 Å². The molecule has 1 heterocycles. The number of benzene rings is 2. The van der Waals surface area contributed by atoms with Gasteiger partial charge in [-0.05, 0) is 49.5 Å². The lowest BCUT2D eigenvalue weighted by Crippen LogP contribution is -2.51. The van der Waals surface area contributed by atoms with Crippen LogP contribution in [-0.4, -0.2) is 23.1 Å². The van der Waals surface area contributed by atoms with Gasteiger partial charge < -0.3 is 10.6 Å². The summed E-state index contributed by atoms with van der Waals surface area (Å²) in [6, 6.07) is 15.7. The average molecular weight is 441 g/mol. The van der Waals surface area contributed by atoms with Gasteiger partial charge in [0.25, 0.3) is 5.91 Å². The Morgan fingerprint density at radius 2 is 1.97 bits per heavy atom. The number of carbonyl (C=O) groups excluding carboxylic acids is 2. The predicted molar refractivity (Wildman–Crippen MR) is 123 cm³/mol. The minimum absolute atomic E-state index is 0.0229. The maximum atomic E-state index is 12.7. The van der Waals surface area contributed by atoms with Gasteiger partial charge in [0.2, 0.25) is 5.91 Å². The van der Waals surface area contributed by atoms with E-state index < -0.39 is 0 Å². The molecule has 1 saturated heterocycles. The van der Waals surface area contributed by atoms with Crippen LogP contribution in [0.25, 0.3) is 6.08 Å². The Balaban J connectivity index is 1.35. The molecule has 3 atom stereocenters. The number of aryl methyl sites for hydroxylation is 1. The molecule has 30 heavy (non-hydrogen) atoms. The molecule has 2 aromatic rings. The summed E-state index contributed by atoms with van der Waals surface area (Å²) in [6.45, 7) is 2.59. The Kier molecular flexibility index (Phi) is 6.49. The first-order valence-electron chi connectivity index (χ1n) is 10.3. The molecule has 0 aromatic heterocycles. The Morgan fingerprint density at radius 1 is 1.20 bits per heavy atom. The summed E-state index contributed by atoms with van der Waals surface area (Å²) in [4.78, 5) is 26.0. The Morgan fingerprint density at radius 3 is 2.73 bits per heavy atom. The van der Waals surface area contributed by atoms with Crippen LogP contribution in [0.2, 0.25) is 5.02 Å². The van der Waals surface area contributed by atoms with Crippen molar-refractivity contribution < 1.29 is 9.59 Å². The molecule has 1 aliphatic carbocycles. The second-order valence-corrected chi connectivity index (χ2v) is 9.67. The summed E-state index contributed by atoms with van der Waals surface area (Å²) < 4.78 is 0. The van der Waals surface area contributed by atoms with Crippen LogP contribution < -0.4 is 10.6 Å². The number of hydrogen-bond donors (Lipinski definition) is 2. The first kappa shape index (κ1) is 21.0. The van der Waals surface area contributed by atoms with E-state index in [2.05, 4.69) is 22.8 Å². The van der Waals surface area contributed by atoms with Crippen LogP contribution in [0, 0.1) is 12.8 Å². The number of halogens is 1. The van der Waals surface area contributed by atoms with Crippen LogP contribution in [0.1, 0.15) is 36.0 Å². The van der Waals surface area contributed by atoms with Crippen molar-refractivity contribution in [3.63, 3.8) is 0 Å². The average Bonchev–Trinajstić information content (AvgIpc) is 2.75. The van der Waals surface area contributed by atoms with E-state index in [1.807, 2.05) is 49.4 Å². The molecular weight excluding hydrogens is 416 g/mol. The Hall–Kier alpha value is -2.24. The van der Waals surface area contributed by atoms with E-state index in [4.69, 9.17) is 11.6 Å². The van der Waals surface area contributed by atoms with Gasteiger partial charge in [-0.3, -0.25) is 9.59 Å². The molecule has 0 bridgehead atoms. The highest BCUT2D eigenvalue weighted by molar-refractivity contribution is 8.04. The second-order valence-electron chi connectivity index (χ2n) is 7.98. The van der Waals surface area contributed by atoms with Crippen LogP contribution in [0.4, 0.5) is 0 Å². The third-order valence-electron chi connectivity index (χ3n) is 5.76. The zero-order chi connectivity index (χ0) is 21.1. The summed E-state index contributed by atoms with van der Waals surface area (Å²) in [7, 11) is 0. The second kappa shape index (κ2) is 9.27. The van der Waals surface area contributed by atoms with Crippen molar-refractivity contribution in [2.24, 2.45) is 5.92 Å². The van der Waals surface area contributed by atoms with Crippen molar-refractivity contribution in [1.29, 1.82) is 0 Å². The van der Waals surface area contributed by atoms with E-state index in [0.717, 1.165) is 24.0 Å². The van der Waals surface area contributed by atoms with Gasteiger partial charge in [-0.15, -0.1) is 11.8 Å². The molecule has 0 spiro atoms. The fourth-order valence-electron chi connectivity index (χ4n) is 4.00. The molecule has 2 aromatic carbocycles. The van der Waals surface area contributed by atoms with Crippen molar-refractivity contribution >= 4 is 41.3 Å². The summed E-state index contributed by atoms with van der Waals surface area (Å²) in [6.07, 6.45) is 4.28. The van der Waals surface area contributed by atoms with Gasteiger partial charge in [0.15, 0.2) is 0 Å². The molecule has 2 fully saturated rings. The van der Waals surface area contributed by atoms with Crippen molar-refractivity contribution in [3.8, 4) is 0 Å². The molecule has 2 aliphatic rings. The molecular formula is C24H25ClN2O2S. The van der Waals surface area contributed by atoms with E-state index in [1.165, 1.54) is 5.56 Å². The van der Waals surface area contributed by atoms with Crippen LogP contribution in [0.15, 0.2) is 53.4 Å². The smallest absolute Gasteiger partial charge is 0.257 e. The first-order chi connectivity index (χ1) is 14.5. The van der Waals surface area contributed by atoms with Crippen molar-refractivity contribution in [2.75, 3.05) is 0 Å². The highest BCUT2D eigenvalue weighted by atomic mass is 35.5. The van der Waals surface area contributed by atoms with Crippen molar-refractivity contribution in [3.05, 3.63) is 75.1 Å². The van der Waals surface area contributed by atoms with Gasteiger partial charge in [-0.25, -0.2) is 0 Å². The number of fused-ring (bicyclic) bond motifs is 1. The fraction of sp³-hybridized carbons (Fsp3) is 0.333. The molecule has 4 nitrogen and oxygen atoms in total. The van der Waals surface area contributed by atoms with Crippen LogP contribution in [0.5, 0.6) is 0 Å². The van der Waals surface area contributed by atoms with Gasteiger partial charge in [-0.2, -0.15) is 0 Å². The van der Waals surface area contributed by atoms with Crippen molar-refractivity contribution in [1.82, 2.24) is 10.6 Å². The predicted octanol–water partition coefficient (Wildman–Crippen LogP) is 4.71. The minimum Gasteiger partial charge on any atom is -0.352 e. The monoisotopic (exact) mass is 440 g/mol. The maximum Gasteiger partial charge on any atom is 0.257 e. The Bertz CT molecular complexity index is 973. The number of carbonyl (C=O) groups is 2. The third kappa shape index (κ3) is 4.90. The molecule has 6 heteroatoms. The number of nitrogens with one attached hydrogen (secondary N) is 2. The molecule has 156 valence electrons. The van der Waals surface area contributed by atoms with Crippen LogP contribution in [0.3, 0.4) is 0 Å². The zero-order valence-corrected chi connectivity index (χ0v) is 18.4. The quantitative estimate of drug-likeness (QED) is 0.677. The molecule has 1 saturated carbocycles. The number of rotatable bonds is 4. The number of thioether (sulfide) groups is 1. The summed E-state index contributed by atoms with van der Waals surface area (Å²) in [5, 5.41) is 7.10. The van der Waals surface area contributed by atoms with Gasteiger partial charge in [0.05, 0.1) is 4.91 Å². The van der Waals surface area contributed by atoms with Crippen molar-refractivity contribution in [2.45, 2.75) is 44.0 Å². The van der Waals surface area contributed by atoms with Crippen LogP contribution >= 0.6 is 23.4 Å². The SMILES string of the molecule is Cc1ccc(CNC(=O)C2CCC3S/C(=C/c4ccccc4Cl)C(=O)NC3C2)cc1. The highest BCUT2D eigenvalue weighted by Gasteiger charge is 2.39. The van der Waals surface area contributed by atoms with Gasteiger partial charge in [0.1, 0.15) is 0 Å². The first-order valence-corrected chi connectivity index (χ1v) is 11.5. The topological polar surface area (TPSA) is 58.2 Å². The summed E-state index contributed by atoms with van der Waals surface area (Å²) in [5.41, 5.74) is 3.15. The standard InChI is InChI=1S/C24H25ClN2O2S/c1-15-6-8-16(9-7-15)14-26-23(28)18-10-11-21-20(12-18)27-24(29)22(30-21)13-17-4-2-3-5-19(17)25/h2-9,13,18,20-21H,10-12,14H2,1H3,(H,26,28)(H,27,29)/b22-13+. The molecule has 2 N–H and O–H groups in total. The van der Waals surface area contributed by atoms with E-state index in [0.29, 0.717) is 22.9 Å². The highest BCUT2D eigenvalue weighted by Crippen LogP contribution is 2.40. The molecule has 1 aliphatic heterocycles. The third-order valence-corrected chi connectivity index (χ3v) is 7.52.